The summed E-state index contributed by atoms with van der Waals surface area (Å²) in [5.74, 6) is 0. The zero-order valence-electron chi connectivity index (χ0n) is 9.39. The molecule has 2 aromatic carbocycles. The van der Waals surface area contributed by atoms with E-state index >= 15 is 0 Å². The van der Waals surface area contributed by atoms with Crippen molar-refractivity contribution in [1.82, 2.24) is 0 Å². The quantitative estimate of drug-likeness (QED) is 0.608. The molecular weight excluding hydrogens is 234 g/mol. The Balaban J connectivity index is 2.31. The number of nitrogens with two attached hydrogens (primary N) is 1. The van der Waals surface area contributed by atoms with Gasteiger partial charge in [0.2, 0.25) is 0 Å². The van der Waals surface area contributed by atoms with Gasteiger partial charge in [-0.1, -0.05) is 29.8 Å². The van der Waals surface area contributed by atoms with E-state index in [9.17, 15) is 0 Å². The van der Waals surface area contributed by atoms with E-state index in [0.717, 1.165) is 11.3 Å². The molecule has 0 radical (unpaired) electrons. The maximum atomic E-state index is 6.03. The van der Waals surface area contributed by atoms with Crippen LogP contribution in [-0.4, -0.2) is 0 Å². The van der Waals surface area contributed by atoms with Crippen molar-refractivity contribution in [2.45, 2.75) is 6.92 Å². The van der Waals surface area contributed by atoms with Crippen molar-refractivity contribution in [3.8, 4) is 0 Å². The lowest BCUT2D eigenvalue weighted by molar-refractivity contribution is 1.22. The molecule has 0 aliphatic carbocycles. The molecule has 0 saturated carbocycles. The first-order chi connectivity index (χ1) is 8.16. The molecule has 2 rings (SSSR count). The standard InChI is InChI=1S/C13H12ClN3/c1-9-7-13(11(14)8-12(9)15)17-16-10-5-3-2-4-6-10/h2-8H,15H2,1H3. The maximum Gasteiger partial charge on any atom is 0.105 e. The van der Waals surface area contributed by atoms with Gasteiger partial charge in [-0.3, -0.25) is 0 Å². The molecule has 0 saturated heterocycles. The van der Waals surface area contributed by atoms with Crippen LogP contribution in [0.15, 0.2) is 52.7 Å². The number of benzene rings is 2. The fourth-order valence-electron chi connectivity index (χ4n) is 1.36. The number of hydrogen-bond acceptors (Lipinski definition) is 3. The Morgan fingerprint density at radius 2 is 1.76 bits per heavy atom. The fraction of sp³-hybridized carbons (Fsp3) is 0.0769. The molecule has 2 N–H and O–H groups in total. The predicted octanol–water partition coefficient (Wildman–Crippen LogP) is 4.65. The Morgan fingerprint density at radius 3 is 2.47 bits per heavy atom. The largest absolute Gasteiger partial charge is 0.398 e. The molecule has 0 bridgehead atoms. The van der Waals surface area contributed by atoms with Crippen LogP contribution in [0, 0.1) is 6.92 Å². The third kappa shape index (κ3) is 2.82. The number of nitrogen functional groups attached to an aromatic ring is 1. The Labute approximate surface area is 105 Å². The minimum absolute atomic E-state index is 0.507. The third-order valence-electron chi connectivity index (χ3n) is 2.36. The predicted molar refractivity (Wildman–Crippen MR) is 71.2 cm³/mol. The Hall–Kier alpha value is -1.87. The minimum atomic E-state index is 0.507. The molecule has 17 heavy (non-hydrogen) atoms. The first kappa shape index (κ1) is 11.6. The van der Waals surface area contributed by atoms with Crippen molar-refractivity contribution in [3.63, 3.8) is 0 Å². The van der Waals surface area contributed by atoms with Gasteiger partial charge in [0, 0.05) is 5.69 Å². The average Bonchev–Trinajstić information content (AvgIpc) is 2.33. The highest BCUT2D eigenvalue weighted by molar-refractivity contribution is 6.33. The lowest BCUT2D eigenvalue weighted by Crippen LogP contribution is -1.88. The van der Waals surface area contributed by atoms with Crippen LogP contribution in [0.25, 0.3) is 0 Å². The van der Waals surface area contributed by atoms with Crippen molar-refractivity contribution >= 4 is 28.7 Å². The maximum absolute atomic E-state index is 6.03. The van der Waals surface area contributed by atoms with Gasteiger partial charge in [0.1, 0.15) is 5.69 Å². The van der Waals surface area contributed by atoms with E-state index in [1.165, 1.54) is 0 Å². The number of rotatable bonds is 2. The average molecular weight is 246 g/mol. The molecule has 0 aliphatic rings. The summed E-state index contributed by atoms with van der Waals surface area (Å²) in [7, 11) is 0. The van der Waals surface area contributed by atoms with Gasteiger partial charge in [-0.15, -0.1) is 5.11 Å². The van der Waals surface area contributed by atoms with E-state index in [2.05, 4.69) is 10.2 Å². The Kier molecular flexibility index (Phi) is 3.40. The van der Waals surface area contributed by atoms with E-state index < -0.39 is 0 Å². The number of nitrogens with zero attached hydrogens (tertiary/aromatic N) is 2. The number of hydrogen-bond donors (Lipinski definition) is 1. The molecule has 0 atom stereocenters. The second kappa shape index (κ2) is 4.97. The van der Waals surface area contributed by atoms with E-state index in [4.69, 9.17) is 17.3 Å². The van der Waals surface area contributed by atoms with Gasteiger partial charge in [-0.2, -0.15) is 5.11 Å². The Bertz CT molecular complexity index is 550. The number of halogens is 1. The second-order valence-electron chi connectivity index (χ2n) is 3.70. The summed E-state index contributed by atoms with van der Waals surface area (Å²) in [6.07, 6.45) is 0. The third-order valence-corrected chi connectivity index (χ3v) is 2.67. The number of aryl methyl sites for hydroxylation is 1. The molecule has 4 heteroatoms. The zero-order chi connectivity index (χ0) is 12.3. The molecule has 0 spiro atoms. The van der Waals surface area contributed by atoms with Gasteiger partial charge >= 0.3 is 0 Å². The summed E-state index contributed by atoms with van der Waals surface area (Å²) in [5.41, 5.74) is 8.76. The van der Waals surface area contributed by atoms with E-state index in [1.54, 1.807) is 6.07 Å². The molecule has 0 aromatic heterocycles. The fourth-order valence-corrected chi connectivity index (χ4v) is 1.57. The number of anilines is 1. The lowest BCUT2D eigenvalue weighted by atomic mass is 10.2. The SMILES string of the molecule is Cc1cc(N=Nc2ccccc2)c(Cl)cc1N. The molecule has 0 unspecified atom stereocenters. The Morgan fingerprint density at radius 1 is 1.06 bits per heavy atom. The van der Waals surface area contributed by atoms with Gasteiger partial charge in [0.25, 0.3) is 0 Å². The molecule has 0 heterocycles. The molecule has 2 aromatic rings. The normalized spacial score (nSPS) is 10.9. The van der Waals surface area contributed by atoms with Gasteiger partial charge < -0.3 is 5.73 Å². The molecule has 3 nitrogen and oxygen atoms in total. The van der Waals surface area contributed by atoms with Crippen LogP contribution in [0.5, 0.6) is 0 Å². The van der Waals surface area contributed by atoms with Crippen molar-refractivity contribution in [2.24, 2.45) is 10.2 Å². The summed E-state index contributed by atoms with van der Waals surface area (Å²) in [4.78, 5) is 0. The van der Waals surface area contributed by atoms with Gasteiger partial charge in [0.05, 0.1) is 10.7 Å². The lowest BCUT2D eigenvalue weighted by Gasteiger charge is -2.02. The van der Waals surface area contributed by atoms with Crippen molar-refractivity contribution < 1.29 is 0 Å². The first-order valence-electron chi connectivity index (χ1n) is 5.19. The van der Waals surface area contributed by atoms with Crippen molar-refractivity contribution in [1.29, 1.82) is 0 Å². The molecule has 0 amide bonds. The molecule has 0 aliphatic heterocycles. The summed E-state index contributed by atoms with van der Waals surface area (Å²) < 4.78 is 0. The summed E-state index contributed by atoms with van der Waals surface area (Å²) in [5, 5.41) is 8.73. The van der Waals surface area contributed by atoms with Crippen LogP contribution in [-0.2, 0) is 0 Å². The van der Waals surface area contributed by atoms with Gasteiger partial charge in [-0.25, -0.2) is 0 Å². The van der Waals surface area contributed by atoms with Crippen molar-refractivity contribution in [2.75, 3.05) is 5.73 Å². The molecule has 0 fully saturated rings. The van der Waals surface area contributed by atoms with Gasteiger partial charge in [0.15, 0.2) is 0 Å². The monoisotopic (exact) mass is 245 g/mol. The highest BCUT2D eigenvalue weighted by Crippen LogP contribution is 2.30. The smallest absolute Gasteiger partial charge is 0.105 e. The van der Waals surface area contributed by atoms with E-state index in [1.807, 2.05) is 43.3 Å². The van der Waals surface area contributed by atoms with Crippen LogP contribution in [0.2, 0.25) is 5.02 Å². The van der Waals surface area contributed by atoms with Crippen molar-refractivity contribution in [3.05, 3.63) is 53.1 Å². The van der Waals surface area contributed by atoms with E-state index in [-0.39, 0.29) is 0 Å². The molecule has 86 valence electrons. The van der Waals surface area contributed by atoms with Gasteiger partial charge in [-0.05, 0) is 36.8 Å². The van der Waals surface area contributed by atoms with E-state index in [0.29, 0.717) is 16.4 Å². The summed E-state index contributed by atoms with van der Waals surface area (Å²) in [6.45, 7) is 1.91. The van der Waals surface area contributed by atoms with Crippen LogP contribution in [0.1, 0.15) is 5.56 Å². The molecular formula is C13H12ClN3. The minimum Gasteiger partial charge on any atom is -0.398 e. The number of azo groups is 1. The summed E-state index contributed by atoms with van der Waals surface area (Å²) in [6, 6.07) is 13.0. The van der Waals surface area contributed by atoms with Crippen LogP contribution in [0.4, 0.5) is 17.1 Å². The first-order valence-corrected chi connectivity index (χ1v) is 5.57. The van der Waals surface area contributed by atoms with Crippen LogP contribution in [0.3, 0.4) is 0 Å². The van der Waals surface area contributed by atoms with Crippen LogP contribution < -0.4 is 5.73 Å². The highest BCUT2D eigenvalue weighted by Gasteiger charge is 2.02. The second-order valence-corrected chi connectivity index (χ2v) is 4.10. The van der Waals surface area contributed by atoms with Crippen LogP contribution >= 0.6 is 11.6 Å². The highest BCUT2D eigenvalue weighted by atomic mass is 35.5. The summed E-state index contributed by atoms with van der Waals surface area (Å²) >= 11 is 6.03. The zero-order valence-corrected chi connectivity index (χ0v) is 10.1. The topological polar surface area (TPSA) is 50.7 Å².